The van der Waals surface area contributed by atoms with Crippen LogP contribution in [0, 0.1) is 17.0 Å². The summed E-state index contributed by atoms with van der Waals surface area (Å²) in [6, 6.07) is 4.56. The summed E-state index contributed by atoms with van der Waals surface area (Å²) in [5.74, 6) is 0.434. The van der Waals surface area contributed by atoms with Gasteiger partial charge in [0.1, 0.15) is 6.61 Å². The number of carbonyl (C=O) groups is 1. The molecule has 26 heavy (non-hydrogen) atoms. The SMILES string of the molecule is C=CCn1c(COC)nnc1SCC(=O)Nc1ccc(C)c([N+](=O)[O-])c1. The van der Waals surface area contributed by atoms with Crippen molar-refractivity contribution in [3.63, 3.8) is 0 Å². The van der Waals surface area contributed by atoms with E-state index in [1.54, 1.807) is 32.2 Å². The highest BCUT2D eigenvalue weighted by Crippen LogP contribution is 2.23. The van der Waals surface area contributed by atoms with Crippen molar-refractivity contribution in [2.75, 3.05) is 18.2 Å². The van der Waals surface area contributed by atoms with E-state index in [0.29, 0.717) is 35.4 Å². The third-order valence-corrected chi connectivity index (χ3v) is 4.37. The molecule has 0 aliphatic rings. The molecule has 1 amide bonds. The number of nitro groups is 1. The van der Waals surface area contributed by atoms with Crippen LogP contribution in [0.5, 0.6) is 0 Å². The number of nitro benzene ring substituents is 1. The Morgan fingerprint density at radius 1 is 1.50 bits per heavy atom. The van der Waals surface area contributed by atoms with E-state index in [1.807, 2.05) is 4.57 Å². The van der Waals surface area contributed by atoms with Crippen molar-refractivity contribution in [1.82, 2.24) is 14.8 Å². The smallest absolute Gasteiger partial charge is 0.274 e. The van der Waals surface area contributed by atoms with Crippen LogP contribution in [0.1, 0.15) is 11.4 Å². The molecular formula is C16H19N5O4S. The number of ether oxygens (including phenoxy) is 1. The number of nitrogens with zero attached hydrogens (tertiary/aromatic N) is 4. The van der Waals surface area contributed by atoms with E-state index in [1.165, 1.54) is 17.8 Å². The van der Waals surface area contributed by atoms with Gasteiger partial charge in [0.25, 0.3) is 5.69 Å². The number of carbonyl (C=O) groups excluding carboxylic acids is 1. The predicted molar refractivity (Wildman–Crippen MR) is 98.1 cm³/mol. The van der Waals surface area contributed by atoms with Crippen molar-refractivity contribution in [2.24, 2.45) is 0 Å². The monoisotopic (exact) mass is 377 g/mol. The number of aryl methyl sites for hydroxylation is 1. The summed E-state index contributed by atoms with van der Waals surface area (Å²) < 4.78 is 6.88. The van der Waals surface area contributed by atoms with Crippen LogP contribution in [0.15, 0.2) is 36.0 Å². The molecule has 138 valence electrons. The van der Waals surface area contributed by atoms with Gasteiger partial charge in [-0.3, -0.25) is 14.9 Å². The van der Waals surface area contributed by atoms with E-state index in [-0.39, 0.29) is 17.3 Å². The minimum Gasteiger partial charge on any atom is -0.377 e. The molecule has 0 fully saturated rings. The number of rotatable bonds is 9. The second-order valence-electron chi connectivity index (χ2n) is 5.33. The molecule has 0 saturated heterocycles. The van der Waals surface area contributed by atoms with Crippen LogP contribution in [0.4, 0.5) is 11.4 Å². The third kappa shape index (κ3) is 4.90. The molecule has 0 bridgehead atoms. The van der Waals surface area contributed by atoms with Crippen LogP contribution in [-0.4, -0.2) is 38.5 Å². The Morgan fingerprint density at radius 3 is 2.92 bits per heavy atom. The zero-order valence-corrected chi connectivity index (χ0v) is 15.3. The molecule has 1 aromatic heterocycles. The number of benzene rings is 1. The van der Waals surface area contributed by atoms with E-state index in [4.69, 9.17) is 4.74 Å². The summed E-state index contributed by atoms with van der Waals surface area (Å²) in [4.78, 5) is 22.6. The van der Waals surface area contributed by atoms with Crippen molar-refractivity contribution in [3.05, 3.63) is 52.4 Å². The van der Waals surface area contributed by atoms with E-state index >= 15 is 0 Å². The maximum Gasteiger partial charge on any atom is 0.274 e. The number of thioether (sulfide) groups is 1. The Morgan fingerprint density at radius 2 is 2.27 bits per heavy atom. The topological polar surface area (TPSA) is 112 Å². The average Bonchev–Trinajstić information content (AvgIpc) is 2.97. The molecule has 1 heterocycles. The van der Waals surface area contributed by atoms with Crippen LogP contribution in [0.25, 0.3) is 0 Å². The van der Waals surface area contributed by atoms with Gasteiger partial charge in [0.15, 0.2) is 11.0 Å². The number of allylic oxidation sites excluding steroid dienone is 1. The summed E-state index contributed by atoms with van der Waals surface area (Å²) in [5.41, 5.74) is 0.872. The largest absolute Gasteiger partial charge is 0.377 e. The summed E-state index contributed by atoms with van der Waals surface area (Å²) in [6.45, 7) is 6.15. The minimum atomic E-state index is -0.477. The standard InChI is InChI=1S/C16H19N5O4S/c1-4-7-20-14(9-25-3)18-19-16(20)26-10-15(22)17-12-6-5-11(2)13(8-12)21(23)24/h4-6,8H,1,7,9-10H2,2-3H3,(H,17,22). The molecule has 2 rings (SSSR count). The van der Waals surface area contributed by atoms with Crippen LogP contribution in [0.2, 0.25) is 0 Å². The third-order valence-electron chi connectivity index (χ3n) is 3.40. The molecule has 9 nitrogen and oxygen atoms in total. The maximum absolute atomic E-state index is 12.1. The second-order valence-corrected chi connectivity index (χ2v) is 6.27. The van der Waals surface area contributed by atoms with Crippen molar-refractivity contribution in [1.29, 1.82) is 0 Å². The second kappa shape index (κ2) is 9.11. The Labute approximate surface area is 154 Å². The average molecular weight is 377 g/mol. The Bertz CT molecular complexity index is 821. The van der Waals surface area contributed by atoms with Gasteiger partial charge < -0.3 is 14.6 Å². The number of anilines is 1. The molecule has 0 spiro atoms. The Hall–Kier alpha value is -2.72. The van der Waals surface area contributed by atoms with Gasteiger partial charge in [-0.2, -0.15) is 0 Å². The Kier molecular flexibility index (Phi) is 6.87. The molecule has 1 N–H and O–H groups in total. The van der Waals surface area contributed by atoms with E-state index in [0.717, 1.165) is 0 Å². The molecule has 1 aromatic carbocycles. The van der Waals surface area contributed by atoms with Gasteiger partial charge in [-0.05, 0) is 13.0 Å². The lowest BCUT2D eigenvalue weighted by Gasteiger charge is -2.08. The molecule has 0 unspecified atom stereocenters. The van der Waals surface area contributed by atoms with E-state index in [2.05, 4.69) is 22.1 Å². The molecule has 0 atom stereocenters. The normalized spacial score (nSPS) is 10.5. The van der Waals surface area contributed by atoms with Gasteiger partial charge in [0, 0.05) is 31.0 Å². The fraction of sp³-hybridized carbons (Fsp3) is 0.312. The van der Waals surface area contributed by atoms with Crippen molar-refractivity contribution >= 4 is 29.0 Å². The summed E-state index contributed by atoms with van der Waals surface area (Å²) in [7, 11) is 1.56. The highest BCUT2D eigenvalue weighted by molar-refractivity contribution is 7.99. The minimum absolute atomic E-state index is 0.0367. The number of amides is 1. The van der Waals surface area contributed by atoms with E-state index in [9.17, 15) is 14.9 Å². The first-order valence-corrected chi connectivity index (χ1v) is 8.64. The zero-order chi connectivity index (χ0) is 19.1. The van der Waals surface area contributed by atoms with Gasteiger partial charge >= 0.3 is 0 Å². The van der Waals surface area contributed by atoms with Crippen molar-refractivity contribution < 1.29 is 14.5 Å². The fourth-order valence-corrected chi connectivity index (χ4v) is 2.95. The van der Waals surface area contributed by atoms with Gasteiger partial charge in [-0.1, -0.05) is 23.9 Å². The van der Waals surface area contributed by atoms with Gasteiger partial charge in [-0.15, -0.1) is 16.8 Å². The predicted octanol–water partition coefficient (Wildman–Crippen LogP) is 2.56. The molecule has 0 radical (unpaired) electrons. The van der Waals surface area contributed by atoms with E-state index < -0.39 is 4.92 Å². The molecular weight excluding hydrogens is 358 g/mol. The first-order valence-electron chi connectivity index (χ1n) is 7.65. The highest BCUT2D eigenvalue weighted by atomic mass is 32.2. The lowest BCUT2D eigenvalue weighted by atomic mass is 10.2. The van der Waals surface area contributed by atoms with Crippen LogP contribution in [-0.2, 0) is 22.7 Å². The van der Waals surface area contributed by atoms with Gasteiger partial charge in [-0.25, -0.2) is 0 Å². The Balaban J connectivity index is 2.02. The molecule has 0 aliphatic heterocycles. The summed E-state index contributed by atoms with van der Waals surface area (Å²) >= 11 is 1.21. The highest BCUT2D eigenvalue weighted by Gasteiger charge is 2.15. The van der Waals surface area contributed by atoms with Crippen LogP contribution in [0.3, 0.4) is 0 Å². The summed E-state index contributed by atoms with van der Waals surface area (Å²) in [6.07, 6.45) is 1.71. The lowest BCUT2D eigenvalue weighted by Crippen LogP contribution is -2.15. The summed E-state index contributed by atoms with van der Waals surface area (Å²) in [5, 5.41) is 22.3. The van der Waals surface area contributed by atoms with Crippen molar-refractivity contribution in [3.8, 4) is 0 Å². The number of nitrogens with one attached hydrogen (secondary N) is 1. The molecule has 0 saturated carbocycles. The first kappa shape index (κ1) is 19.6. The number of aromatic nitrogens is 3. The molecule has 0 aliphatic carbocycles. The van der Waals surface area contributed by atoms with Gasteiger partial charge in [0.2, 0.25) is 5.91 Å². The first-order chi connectivity index (χ1) is 12.5. The fourth-order valence-electron chi connectivity index (χ4n) is 2.19. The molecule has 2 aromatic rings. The quantitative estimate of drug-likeness (QED) is 0.309. The number of hydrogen-bond donors (Lipinski definition) is 1. The molecule has 10 heteroatoms. The van der Waals surface area contributed by atoms with Gasteiger partial charge in [0.05, 0.1) is 10.7 Å². The van der Waals surface area contributed by atoms with Crippen LogP contribution >= 0.6 is 11.8 Å². The zero-order valence-electron chi connectivity index (χ0n) is 14.5. The number of methoxy groups -OCH3 is 1. The van der Waals surface area contributed by atoms with Crippen LogP contribution < -0.4 is 5.32 Å². The maximum atomic E-state index is 12.1. The lowest BCUT2D eigenvalue weighted by molar-refractivity contribution is -0.385. The number of hydrogen-bond acceptors (Lipinski definition) is 7. The van der Waals surface area contributed by atoms with Crippen molar-refractivity contribution in [2.45, 2.75) is 25.2 Å².